The lowest BCUT2D eigenvalue weighted by Gasteiger charge is -2.42. The molecule has 2 aliphatic rings. The highest BCUT2D eigenvalue weighted by Crippen LogP contribution is 2.58. The van der Waals surface area contributed by atoms with E-state index in [-0.39, 0.29) is 5.82 Å². The van der Waals surface area contributed by atoms with Crippen LogP contribution in [0.1, 0.15) is 17.0 Å². The Morgan fingerprint density at radius 1 is 0.776 bits per heavy atom. The topological polar surface area (TPSA) is 50.8 Å². The number of hydrogen-bond donors (Lipinski definition) is 0. The molecule has 1 fully saturated rings. The molecule has 0 aliphatic carbocycles. The lowest BCUT2D eigenvalue weighted by atomic mass is 10.2. The molecule has 1 atom stereocenters. The first kappa shape index (κ1) is 31.9. The van der Waals surface area contributed by atoms with Crippen molar-refractivity contribution in [2.24, 2.45) is 4.99 Å². The first-order chi connectivity index (χ1) is 23.8. The van der Waals surface area contributed by atoms with Gasteiger partial charge in [-0.2, -0.15) is 10.1 Å². The number of benzene rings is 4. The summed E-state index contributed by atoms with van der Waals surface area (Å²) in [7, 11) is 0. The Bertz CT molecular complexity index is 2230. The van der Waals surface area contributed by atoms with Gasteiger partial charge in [-0.3, -0.25) is 0 Å². The summed E-state index contributed by atoms with van der Waals surface area (Å²) in [5.41, 5.74) is 7.49. The third-order valence-corrected chi connectivity index (χ3v) is 13.7. The largest absolute Gasteiger partial charge is 0.431 e. The maximum Gasteiger partial charge on any atom is 0.227 e. The Labute approximate surface area is 298 Å². The number of rotatable bonds is 6. The highest BCUT2D eigenvalue weighted by Gasteiger charge is 2.44. The summed E-state index contributed by atoms with van der Waals surface area (Å²) in [6, 6.07) is 37.3. The molecule has 4 aromatic carbocycles. The van der Waals surface area contributed by atoms with Crippen molar-refractivity contribution in [2.45, 2.75) is 13.8 Å². The van der Waals surface area contributed by atoms with Crippen LogP contribution in [0.2, 0.25) is 0 Å². The second kappa shape index (κ2) is 12.8. The average Bonchev–Trinajstić information content (AvgIpc) is 3.66. The highest BCUT2D eigenvalue weighted by molar-refractivity contribution is 9.10. The number of anilines is 1. The van der Waals surface area contributed by atoms with Gasteiger partial charge in [0.25, 0.3) is 0 Å². The first-order valence-electron chi connectivity index (χ1n) is 16.1. The van der Waals surface area contributed by atoms with Crippen LogP contribution in [0.4, 0.5) is 15.9 Å². The molecule has 2 aromatic heterocycles. The van der Waals surface area contributed by atoms with Crippen LogP contribution in [0, 0.1) is 19.7 Å². The lowest BCUT2D eigenvalue weighted by molar-refractivity contribution is 0.385. The maximum atomic E-state index is 13.9. The van der Waals surface area contributed by atoms with E-state index in [1.54, 1.807) is 12.1 Å². The first-order valence-corrected chi connectivity index (χ1v) is 19.6. The summed E-state index contributed by atoms with van der Waals surface area (Å²) < 4.78 is 28.3. The van der Waals surface area contributed by atoms with Crippen LogP contribution < -0.4 is 10.2 Å². The maximum absolute atomic E-state index is 13.9. The number of aliphatic imine (C=N–C) groups is 1. The van der Waals surface area contributed by atoms with Gasteiger partial charge in [0, 0.05) is 64.5 Å². The van der Waals surface area contributed by atoms with Crippen molar-refractivity contribution in [1.82, 2.24) is 19.0 Å². The van der Waals surface area contributed by atoms with Crippen molar-refractivity contribution in [3.63, 3.8) is 0 Å². The summed E-state index contributed by atoms with van der Waals surface area (Å²) >= 11 is 10.4. The number of halogens is 2. The molecule has 0 bridgehead atoms. The molecule has 1 saturated heterocycles. The SMILES string of the molecule is Cc1cc(-c2nn(-c3ccccc3)c3c2P(=S)(N2CCN(c4ccccc4)CC2)OC(c2ccc(Br)cc2)=N3)c(C)n1-c1ccc(F)cc1. The quantitative estimate of drug-likeness (QED) is 0.160. The zero-order valence-corrected chi connectivity index (χ0v) is 30.3. The molecule has 6 aromatic rings. The van der Waals surface area contributed by atoms with Crippen molar-refractivity contribution in [1.29, 1.82) is 0 Å². The highest BCUT2D eigenvalue weighted by atomic mass is 79.9. The van der Waals surface area contributed by atoms with E-state index in [1.165, 1.54) is 17.8 Å². The van der Waals surface area contributed by atoms with Gasteiger partial charge in [0.05, 0.1) is 5.69 Å². The number of nitrogens with zero attached hydrogens (tertiary/aromatic N) is 6. The molecule has 1 unspecified atom stereocenters. The van der Waals surface area contributed by atoms with Gasteiger partial charge in [0.15, 0.2) is 5.82 Å². The van der Waals surface area contributed by atoms with E-state index in [9.17, 15) is 4.39 Å². The molecule has 2 aliphatic heterocycles. The van der Waals surface area contributed by atoms with Crippen molar-refractivity contribution >= 4 is 56.9 Å². The summed E-state index contributed by atoms with van der Waals surface area (Å²) in [6.07, 6.45) is -2.98. The molecule has 0 spiro atoms. The molecule has 4 heterocycles. The van der Waals surface area contributed by atoms with Crippen molar-refractivity contribution in [3.05, 3.63) is 143 Å². The summed E-state index contributed by atoms with van der Waals surface area (Å²) in [6.45, 7) is 7.20. The Balaban J connectivity index is 1.33. The fraction of sp³-hybridized carbons (Fsp3) is 0.158. The normalized spacial score (nSPS) is 17.8. The van der Waals surface area contributed by atoms with Crippen LogP contribution in [0.3, 0.4) is 0 Å². The van der Waals surface area contributed by atoms with E-state index < -0.39 is 6.42 Å². The number of para-hydroxylation sites is 2. The zero-order valence-electron chi connectivity index (χ0n) is 27.0. The standard InChI is InChI=1S/C38H33BrFN6OPS/c1-26-25-34(27(2)45(26)32-19-17-30(40)18-20-32)35-36-37(46(42-35)33-11-7-4-8-12-33)41-38(28-13-15-29(39)16-14-28)47-48(36,49)44-23-21-43(22-24-44)31-9-5-3-6-10-31/h3-20,25H,21-24H2,1-2H3. The van der Waals surface area contributed by atoms with Gasteiger partial charge in [0.2, 0.25) is 12.3 Å². The van der Waals surface area contributed by atoms with Crippen LogP contribution in [0.15, 0.2) is 125 Å². The van der Waals surface area contributed by atoms with Gasteiger partial charge in [-0.1, -0.05) is 52.3 Å². The fourth-order valence-electron chi connectivity index (χ4n) is 6.73. The van der Waals surface area contributed by atoms with Crippen LogP contribution in [0.25, 0.3) is 22.6 Å². The zero-order chi connectivity index (χ0) is 33.7. The number of piperazine rings is 1. The number of aryl methyl sites for hydroxylation is 1. The molecule has 246 valence electrons. The summed E-state index contributed by atoms with van der Waals surface area (Å²) in [5.74, 6) is 0.909. The Morgan fingerprint density at radius 3 is 2.06 bits per heavy atom. The van der Waals surface area contributed by atoms with Gasteiger partial charge in [-0.05, 0) is 105 Å². The predicted molar refractivity (Wildman–Crippen MR) is 203 cm³/mol. The van der Waals surface area contributed by atoms with Crippen molar-refractivity contribution in [3.8, 4) is 22.6 Å². The monoisotopic (exact) mass is 750 g/mol. The van der Waals surface area contributed by atoms with Crippen molar-refractivity contribution < 1.29 is 8.91 Å². The molecule has 7 nitrogen and oxygen atoms in total. The van der Waals surface area contributed by atoms with E-state index in [2.05, 4.69) is 74.2 Å². The Kier molecular flexibility index (Phi) is 8.36. The van der Waals surface area contributed by atoms with E-state index >= 15 is 0 Å². The Hall–Kier alpha value is -4.34. The van der Waals surface area contributed by atoms with E-state index in [1.807, 2.05) is 65.3 Å². The summed E-state index contributed by atoms with van der Waals surface area (Å²) in [5, 5.41) is 6.17. The van der Waals surface area contributed by atoms with Gasteiger partial charge >= 0.3 is 0 Å². The third-order valence-electron chi connectivity index (χ3n) is 9.15. The van der Waals surface area contributed by atoms with Crippen molar-refractivity contribution in [2.75, 3.05) is 31.1 Å². The molecule has 0 N–H and O–H groups in total. The second-order valence-electron chi connectivity index (χ2n) is 12.2. The minimum atomic E-state index is -2.98. The lowest BCUT2D eigenvalue weighted by Crippen LogP contribution is -2.47. The van der Waals surface area contributed by atoms with Crippen LogP contribution >= 0.6 is 22.3 Å². The molecular weight excluding hydrogens is 718 g/mol. The number of hydrogen-bond acceptors (Lipinski definition) is 5. The molecule has 0 saturated carbocycles. The van der Waals surface area contributed by atoms with Gasteiger partial charge in [-0.25, -0.2) is 13.7 Å². The minimum Gasteiger partial charge on any atom is -0.431 e. The number of fused-ring (bicyclic) bond motifs is 1. The van der Waals surface area contributed by atoms with Crippen LogP contribution in [0.5, 0.6) is 0 Å². The van der Waals surface area contributed by atoms with Gasteiger partial charge < -0.3 is 14.0 Å². The van der Waals surface area contributed by atoms with E-state index in [4.69, 9.17) is 26.4 Å². The predicted octanol–water partition coefficient (Wildman–Crippen LogP) is 8.71. The Morgan fingerprint density at radius 2 is 1.41 bits per heavy atom. The molecule has 49 heavy (non-hydrogen) atoms. The van der Waals surface area contributed by atoms with E-state index in [0.717, 1.165) is 75.5 Å². The number of aromatic nitrogens is 3. The molecule has 8 rings (SSSR count). The molecule has 0 amide bonds. The third kappa shape index (κ3) is 5.76. The fourth-order valence-corrected chi connectivity index (χ4v) is 10.6. The smallest absolute Gasteiger partial charge is 0.227 e. The van der Waals surface area contributed by atoms with Gasteiger partial charge in [-0.15, -0.1) is 0 Å². The average molecular weight is 752 g/mol. The molecular formula is C38H33BrFN6OPS. The summed E-state index contributed by atoms with van der Waals surface area (Å²) in [4.78, 5) is 7.60. The molecule has 0 radical (unpaired) electrons. The van der Waals surface area contributed by atoms with Gasteiger partial charge in [0.1, 0.15) is 16.8 Å². The van der Waals surface area contributed by atoms with E-state index in [0.29, 0.717) is 11.7 Å². The van der Waals surface area contributed by atoms with Crippen LogP contribution in [-0.4, -0.2) is 51.1 Å². The second-order valence-corrected chi connectivity index (χ2v) is 16.8. The minimum absolute atomic E-state index is 0.272. The molecule has 11 heteroatoms. The van der Waals surface area contributed by atoms with Crippen LogP contribution in [-0.2, 0) is 16.3 Å².